The highest BCUT2D eigenvalue weighted by Gasteiger charge is 2.17. The molecular weight excluding hydrogens is 298 g/mol. The second-order valence-electron chi connectivity index (χ2n) is 5.90. The number of amides is 1. The van der Waals surface area contributed by atoms with Crippen LogP contribution in [0.4, 0.5) is 0 Å². The average molecular weight is 319 g/mol. The Kier molecular flexibility index (Phi) is 5.06. The maximum absolute atomic E-state index is 12.4. The van der Waals surface area contributed by atoms with Crippen LogP contribution < -0.4 is 5.32 Å². The van der Waals surface area contributed by atoms with Gasteiger partial charge >= 0.3 is 0 Å². The summed E-state index contributed by atoms with van der Waals surface area (Å²) in [5, 5.41) is 2.98. The van der Waals surface area contributed by atoms with Gasteiger partial charge in [-0.25, -0.2) is 0 Å². The third kappa shape index (κ3) is 4.10. The molecule has 0 saturated heterocycles. The van der Waals surface area contributed by atoms with Crippen molar-refractivity contribution in [3.63, 3.8) is 0 Å². The molecule has 0 aliphatic heterocycles. The van der Waals surface area contributed by atoms with Gasteiger partial charge in [0.1, 0.15) is 0 Å². The molecule has 1 N–H and O–H groups in total. The number of aromatic nitrogens is 2. The van der Waals surface area contributed by atoms with Crippen molar-refractivity contribution in [3.8, 4) is 0 Å². The molecule has 2 aromatic heterocycles. The van der Waals surface area contributed by atoms with E-state index in [0.717, 1.165) is 11.1 Å². The number of carbonyl (C=O) groups excluding carboxylic acids is 1. The van der Waals surface area contributed by atoms with E-state index >= 15 is 0 Å². The molecular formula is C20H21N3O. The predicted molar refractivity (Wildman–Crippen MR) is 94.5 cm³/mol. The topological polar surface area (TPSA) is 46.9 Å². The van der Waals surface area contributed by atoms with E-state index in [0.29, 0.717) is 13.0 Å². The van der Waals surface area contributed by atoms with Crippen molar-refractivity contribution in [3.05, 3.63) is 90.0 Å². The molecule has 0 bridgehead atoms. The molecule has 0 spiro atoms. The van der Waals surface area contributed by atoms with E-state index in [2.05, 4.69) is 46.1 Å². The van der Waals surface area contributed by atoms with Gasteiger partial charge < -0.3 is 9.88 Å². The third-order valence-electron chi connectivity index (χ3n) is 4.04. The number of hydrogen-bond donors (Lipinski definition) is 1. The molecule has 2 heterocycles. The second kappa shape index (κ2) is 7.59. The first-order valence-corrected chi connectivity index (χ1v) is 8.07. The molecule has 0 fully saturated rings. The maximum atomic E-state index is 12.4. The SMILES string of the molecule is Cc1ccc(C(CC(=O)NCc2cccnc2)n2cccc2)cc1. The Morgan fingerprint density at radius 1 is 1.12 bits per heavy atom. The van der Waals surface area contributed by atoms with Gasteiger partial charge in [-0.15, -0.1) is 0 Å². The number of rotatable bonds is 6. The molecule has 122 valence electrons. The van der Waals surface area contributed by atoms with E-state index in [9.17, 15) is 4.79 Å². The van der Waals surface area contributed by atoms with E-state index in [1.54, 1.807) is 12.4 Å². The van der Waals surface area contributed by atoms with E-state index in [4.69, 9.17) is 0 Å². The van der Waals surface area contributed by atoms with Gasteiger partial charge in [-0.1, -0.05) is 35.9 Å². The van der Waals surface area contributed by atoms with Gasteiger partial charge in [0.05, 0.1) is 12.5 Å². The highest BCUT2D eigenvalue weighted by atomic mass is 16.1. The van der Waals surface area contributed by atoms with Gasteiger partial charge in [-0.3, -0.25) is 9.78 Å². The molecule has 4 nitrogen and oxygen atoms in total. The molecule has 24 heavy (non-hydrogen) atoms. The van der Waals surface area contributed by atoms with Crippen LogP contribution in [0.5, 0.6) is 0 Å². The fourth-order valence-electron chi connectivity index (χ4n) is 2.69. The van der Waals surface area contributed by atoms with Crippen molar-refractivity contribution in [2.24, 2.45) is 0 Å². The summed E-state index contributed by atoms with van der Waals surface area (Å²) >= 11 is 0. The summed E-state index contributed by atoms with van der Waals surface area (Å²) < 4.78 is 2.08. The molecule has 4 heteroatoms. The molecule has 0 aliphatic carbocycles. The van der Waals surface area contributed by atoms with Gasteiger partial charge in [0, 0.05) is 31.3 Å². The fraction of sp³-hybridized carbons (Fsp3) is 0.200. The minimum Gasteiger partial charge on any atom is -0.352 e. The first kappa shape index (κ1) is 16.0. The van der Waals surface area contributed by atoms with Gasteiger partial charge in [0.15, 0.2) is 0 Å². The Morgan fingerprint density at radius 3 is 2.54 bits per heavy atom. The van der Waals surface area contributed by atoms with Crippen LogP contribution in [0.1, 0.15) is 29.2 Å². The number of benzene rings is 1. The third-order valence-corrected chi connectivity index (χ3v) is 4.04. The van der Waals surface area contributed by atoms with Crippen LogP contribution in [-0.4, -0.2) is 15.5 Å². The zero-order valence-electron chi connectivity index (χ0n) is 13.7. The molecule has 1 aromatic carbocycles. The summed E-state index contributed by atoms with van der Waals surface area (Å²) in [5.41, 5.74) is 3.35. The van der Waals surface area contributed by atoms with Crippen LogP contribution in [0.2, 0.25) is 0 Å². The Hall–Kier alpha value is -2.88. The first-order chi connectivity index (χ1) is 11.7. The lowest BCUT2D eigenvalue weighted by Gasteiger charge is -2.19. The number of pyridine rings is 1. The van der Waals surface area contributed by atoms with Crippen molar-refractivity contribution in [1.29, 1.82) is 0 Å². The number of hydrogen-bond acceptors (Lipinski definition) is 2. The Balaban J connectivity index is 1.70. The lowest BCUT2D eigenvalue weighted by atomic mass is 10.0. The number of nitrogens with one attached hydrogen (secondary N) is 1. The van der Waals surface area contributed by atoms with Crippen LogP contribution in [0, 0.1) is 6.92 Å². The van der Waals surface area contributed by atoms with E-state index in [-0.39, 0.29) is 11.9 Å². The zero-order valence-corrected chi connectivity index (χ0v) is 13.7. The van der Waals surface area contributed by atoms with Crippen LogP contribution in [0.3, 0.4) is 0 Å². The van der Waals surface area contributed by atoms with Crippen molar-refractivity contribution >= 4 is 5.91 Å². The largest absolute Gasteiger partial charge is 0.352 e. The number of carbonyl (C=O) groups is 1. The second-order valence-corrected chi connectivity index (χ2v) is 5.90. The monoisotopic (exact) mass is 319 g/mol. The Bertz CT molecular complexity index is 764. The Morgan fingerprint density at radius 2 is 1.88 bits per heavy atom. The highest BCUT2D eigenvalue weighted by molar-refractivity contribution is 5.76. The fourth-order valence-corrected chi connectivity index (χ4v) is 2.69. The molecule has 0 aliphatic rings. The van der Waals surface area contributed by atoms with E-state index in [1.807, 2.05) is 36.7 Å². The highest BCUT2D eigenvalue weighted by Crippen LogP contribution is 2.22. The van der Waals surface area contributed by atoms with Crippen molar-refractivity contribution in [2.45, 2.75) is 25.9 Å². The van der Waals surface area contributed by atoms with E-state index < -0.39 is 0 Å². The van der Waals surface area contributed by atoms with Crippen molar-refractivity contribution in [1.82, 2.24) is 14.9 Å². The summed E-state index contributed by atoms with van der Waals surface area (Å²) in [7, 11) is 0. The molecule has 1 unspecified atom stereocenters. The summed E-state index contributed by atoms with van der Waals surface area (Å²) in [6, 6.07) is 16.1. The van der Waals surface area contributed by atoms with Crippen LogP contribution in [0.15, 0.2) is 73.3 Å². The molecule has 3 rings (SSSR count). The predicted octanol–water partition coefficient (Wildman–Crippen LogP) is 3.49. The molecule has 1 atom stereocenters. The van der Waals surface area contributed by atoms with Crippen LogP contribution in [-0.2, 0) is 11.3 Å². The zero-order chi connectivity index (χ0) is 16.8. The normalized spacial score (nSPS) is 11.9. The van der Waals surface area contributed by atoms with Gasteiger partial charge in [-0.2, -0.15) is 0 Å². The van der Waals surface area contributed by atoms with Crippen molar-refractivity contribution in [2.75, 3.05) is 0 Å². The summed E-state index contributed by atoms with van der Waals surface area (Å²) in [4.78, 5) is 16.5. The number of aryl methyl sites for hydroxylation is 1. The molecule has 1 amide bonds. The maximum Gasteiger partial charge on any atom is 0.222 e. The lowest BCUT2D eigenvalue weighted by molar-refractivity contribution is -0.121. The first-order valence-electron chi connectivity index (χ1n) is 8.07. The number of nitrogens with zero attached hydrogens (tertiary/aromatic N) is 2. The quantitative estimate of drug-likeness (QED) is 0.756. The van der Waals surface area contributed by atoms with E-state index in [1.165, 1.54) is 5.56 Å². The smallest absolute Gasteiger partial charge is 0.222 e. The van der Waals surface area contributed by atoms with Gasteiger partial charge in [0.2, 0.25) is 5.91 Å². The van der Waals surface area contributed by atoms with Crippen molar-refractivity contribution < 1.29 is 4.79 Å². The Labute approximate surface area is 142 Å². The minimum atomic E-state index is -0.00509. The summed E-state index contributed by atoms with van der Waals surface area (Å²) in [6.45, 7) is 2.56. The standard InChI is InChI=1S/C20H21N3O/c1-16-6-8-18(9-7-16)19(23-11-2-3-12-23)13-20(24)22-15-17-5-4-10-21-14-17/h2-12,14,19H,13,15H2,1H3,(H,22,24). The summed E-state index contributed by atoms with van der Waals surface area (Å²) in [6.07, 6.45) is 7.89. The summed E-state index contributed by atoms with van der Waals surface area (Å²) in [5.74, 6) is 0.0260. The van der Waals surface area contributed by atoms with Crippen LogP contribution in [0.25, 0.3) is 0 Å². The van der Waals surface area contributed by atoms with Gasteiger partial charge in [-0.05, 0) is 36.2 Å². The average Bonchev–Trinajstić information content (AvgIpc) is 3.14. The van der Waals surface area contributed by atoms with Gasteiger partial charge in [0.25, 0.3) is 0 Å². The lowest BCUT2D eigenvalue weighted by Crippen LogP contribution is -2.26. The molecule has 0 radical (unpaired) electrons. The molecule has 3 aromatic rings. The minimum absolute atomic E-state index is 0.00509. The molecule has 0 saturated carbocycles. The van der Waals surface area contributed by atoms with Crippen LogP contribution >= 0.6 is 0 Å².